The Kier molecular flexibility index (Phi) is 2.88. The van der Waals surface area contributed by atoms with Crippen LogP contribution < -0.4 is 11.3 Å². The third kappa shape index (κ3) is 2.10. The Labute approximate surface area is 71.4 Å². The molecule has 0 atom stereocenters. The van der Waals surface area contributed by atoms with E-state index in [1.807, 2.05) is 13.8 Å². The molecule has 0 bridgehead atoms. The molecule has 0 spiro atoms. The van der Waals surface area contributed by atoms with Crippen LogP contribution in [0, 0.1) is 0 Å². The van der Waals surface area contributed by atoms with E-state index >= 15 is 0 Å². The minimum Gasteiger partial charge on any atom is -0.472 e. The standard InChI is InChI=1S/C8H13N3O/c1-6(2)10-8(11-9)7-3-4-12-5-7/h3-6H,9H2,1-2H3,(H,10,11). The minimum atomic E-state index is 0.214. The van der Waals surface area contributed by atoms with Gasteiger partial charge < -0.3 is 9.84 Å². The molecule has 0 amide bonds. The lowest BCUT2D eigenvalue weighted by atomic mass is 10.3. The van der Waals surface area contributed by atoms with Crippen molar-refractivity contribution in [1.82, 2.24) is 5.43 Å². The quantitative estimate of drug-likeness (QED) is 0.297. The predicted octanol–water partition coefficient (Wildman–Crippen LogP) is 0.898. The van der Waals surface area contributed by atoms with Gasteiger partial charge in [0, 0.05) is 6.04 Å². The molecule has 0 aliphatic rings. The molecule has 0 fully saturated rings. The Hall–Kier alpha value is -1.29. The van der Waals surface area contributed by atoms with Gasteiger partial charge in [0.1, 0.15) is 12.1 Å². The normalized spacial score (nSPS) is 12.2. The SMILES string of the molecule is CC(C)N=C(NN)c1ccoc1. The third-order valence-corrected chi connectivity index (χ3v) is 1.32. The second-order valence-electron chi connectivity index (χ2n) is 2.73. The predicted molar refractivity (Wildman–Crippen MR) is 47.7 cm³/mol. The Morgan fingerprint density at radius 3 is 2.83 bits per heavy atom. The summed E-state index contributed by atoms with van der Waals surface area (Å²) in [4.78, 5) is 4.26. The van der Waals surface area contributed by atoms with Gasteiger partial charge in [0.15, 0.2) is 0 Å². The van der Waals surface area contributed by atoms with E-state index in [-0.39, 0.29) is 6.04 Å². The molecular formula is C8H13N3O. The Balaban J connectivity index is 2.83. The number of nitrogens with two attached hydrogens (primary N) is 1. The number of amidine groups is 1. The first-order valence-corrected chi connectivity index (χ1v) is 3.81. The first-order valence-electron chi connectivity index (χ1n) is 3.81. The van der Waals surface area contributed by atoms with Gasteiger partial charge in [0.05, 0.1) is 11.8 Å². The van der Waals surface area contributed by atoms with Crippen molar-refractivity contribution < 1.29 is 4.42 Å². The van der Waals surface area contributed by atoms with Crippen LogP contribution in [-0.2, 0) is 0 Å². The Morgan fingerprint density at radius 1 is 1.67 bits per heavy atom. The monoisotopic (exact) mass is 167 g/mol. The minimum absolute atomic E-state index is 0.214. The number of hydrogen-bond donors (Lipinski definition) is 2. The first kappa shape index (κ1) is 8.80. The highest BCUT2D eigenvalue weighted by Gasteiger charge is 2.02. The van der Waals surface area contributed by atoms with Crippen LogP contribution in [0.3, 0.4) is 0 Å². The van der Waals surface area contributed by atoms with E-state index in [1.54, 1.807) is 18.6 Å². The maximum atomic E-state index is 5.29. The van der Waals surface area contributed by atoms with Crippen molar-refractivity contribution in [3.8, 4) is 0 Å². The second kappa shape index (κ2) is 3.92. The van der Waals surface area contributed by atoms with Crippen molar-refractivity contribution in [3.05, 3.63) is 24.2 Å². The molecular weight excluding hydrogens is 154 g/mol. The van der Waals surface area contributed by atoms with Gasteiger partial charge >= 0.3 is 0 Å². The molecule has 0 aliphatic heterocycles. The van der Waals surface area contributed by atoms with Gasteiger partial charge in [0.2, 0.25) is 0 Å². The fourth-order valence-corrected chi connectivity index (χ4v) is 0.853. The van der Waals surface area contributed by atoms with Crippen LogP contribution in [0.1, 0.15) is 19.4 Å². The molecule has 3 N–H and O–H groups in total. The molecule has 66 valence electrons. The topological polar surface area (TPSA) is 63.5 Å². The number of rotatable bonds is 2. The summed E-state index contributed by atoms with van der Waals surface area (Å²) >= 11 is 0. The Morgan fingerprint density at radius 2 is 2.42 bits per heavy atom. The number of aliphatic imine (C=N–C) groups is 1. The molecule has 12 heavy (non-hydrogen) atoms. The zero-order chi connectivity index (χ0) is 8.97. The largest absolute Gasteiger partial charge is 0.472 e. The fraction of sp³-hybridized carbons (Fsp3) is 0.375. The molecule has 0 unspecified atom stereocenters. The van der Waals surface area contributed by atoms with E-state index < -0.39 is 0 Å². The lowest BCUT2D eigenvalue weighted by molar-refractivity contribution is 0.566. The number of nitrogens with zero attached hydrogens (tertiary/aromatic N) is 1. The Bertz CT molecular complexity index is 251. The van der Waals surface area contributed by atoms with E-state index in [2.05, 4.69) is 10.4 Å². The molecule has 0 saturated carbocycles. The van der Waals surface area contributed by atoms with Crippen LogP contribution in [0.5, 0.6) is 0 Å². The molecule has 0 aromatic carbocycles. The maximum Gasteiger partial charge on any atom is 0.146 e. The van der Waals surface area contributed by atoms with Gasteiger partial charge in [-0.2, -0.15) is 0 Å². The number of hydrogen-bond acceptors (Lipinski definition) is 3. The molecule has 4 nitrogen and oxygen atoms in total. The van der Waals surface area contributed by atoms with Crippen LogP contribution in [-0.4, -0.2) is 11.9 Å². The zero-order valence-electron chi connectivity index (χ0n) is 7.24. The number of furan rings is 1. The second-order valence-corrected chi connectivity index (χ2v) is 2.73. The van der Waals surface area contributed by atoms with E-state index in [4.69, 9.17) is 10.3 Å². The zero-order valence-corrected chi connectivity index (χ0v) is 7.24. The van der Waals surface area contributed by atoms with Crippen LogP contribution in [0.2, 0.25) is 0 Å². The molecule has 1 aromatic heterocycles. The van der Waals surface area contributed by atoms with Gasteiger partial charge in [-0.1, -0.05) is 0 Å². The molecule has 1 heterocycles. The summed E-state index contributed by atoms with van der Waals surface area (Å²) in [6.07, 6.45) is 3.18. The van der Waals surface area contributed by atoms with Gasteiger partial charge in [0.25, 0.3) is 0 Å². The summed E-state index contributed by atoms with van der Waals surface area (Å²) in [7, 11) is 0. The fourth-order valence-electron chi connectivity index (χ4n) is 0.853. The molecule has 4 heteroatoms. The third-order valence-electron chi connectivity index (χ3n) is 1.32. The van der Waals surface area contributed by atoms with Gasteiger partial charge in [-0.3, -0.25) is 4.99 Å². The van der Waals surface area contributed by atoms with Crippen molar-refractivity contribution in [3.63, 3.8) is 0 Å². The van der Waals surface area contributed by atoms with E-state index in [0.29, 0.717) is 5.84 Å². The summed E-state index contributed by atoms with van der Waals surface area (Å²) in [6, 6.07) is 2.02. The first-order chi connectivity index (χ1) is 5.74. The summed E-state index contributed by atoms with van der Waals surface area (Å²) in [5, 5.41) is 0. The van der Waals surface area contributed by atoms with Crippen molar-refractivity contribution in [2.24, 2.45) is 10.8 Å². The molecule has 0 radical (unpaired) electrons. The lowest BCUT2D eigenvalue weighted by Gasteiger charge is -2.04. The van der Waals surface area contributed by atoms with Crippen molar-refractivity contribution >= 4 is 5.84 Å². The van der Waals surface area contributed by atoms with Gasteiger partial charge in [-0.25, -0.2) is 5.84 Å². The van der Waals surface area contributed by atoms with Crippen molar-refractivity contribution in [1.29, 1.82) is 0 Å². The molecule has 1 rings (SSSR count). The maximum absolute atomic E-state index is 5.29. The van der Waals surface area contributed by atoms with Gasteiger partial charge in [-0.05, 0) is 19.9 Å². The lowest BCUT2D eigenvalue weighted by Crippen LogP contribution is -2.31. The van der Waals surface area contributed by atoms with Crippen LogP contribution in [0.4, 0.5) is 0 Å². The van der Waals surface area contributed by atoms with Crippen LogP contribution >= 0.6 is 0 Å². The summed E-state index contributed by atoms with van der Waals surface area (Å²) in [5.41, 5.74) is 3.39. The number of nitrogens with one attached hydrogen (secondary N) is 1. The molecule has 0 saturated heterocycles. The highest BCUT2D eigenvalue weighted by molar-refractivity contribution is 5.98. The van der Waals surface area contributed by atoms with Crippen LogP contribution in [0.25, 0.3) is 0 Å². The summed E-state index contributed by atoms with van der Waals surface area (Å²) in [5.74, 6) is 5.94. The van der Waals surface area contributed by atoms with Crippen LogP contribution in [0.15, 0.2) is 28.0 Å². The number of hydrazine groups is 1. The highest BCUT2D eigenvalue weighted by atomic mass is 16.3. The highest BCUT2D eigenvalue weighted by Crippen LogP contribution is 2.01. The smallest absolute Gasteiger partial charge is 0.146 e. The molecule has 1 aromatic rings. The van der Waals surface area contributed by atoms with E-state index in [9.17, 15) is 0 Å². The van der Waals surface area contributed by atoms with Gasteiger partial charge in [-0.15, -0.1) is 0 Å². The van der Waals surface area contributed by atoms with E-state index in [0.717, 1.165) is 5.56 Å². The van der Waals surface area contributed by atoms with Crippen molar-refractivity contribution in [2.45, 2.75) is 19.9 Å². The summed E-state index contributed by atoms with van der Waals surface area (Å²) < 4.78 is 4.90. The average molecular weight is 167 g/mol. The summed E-state index contributed by atoms with van der Waals surface area (Å²) in [6.45, 7) is 3.97. The van der Waals surface area contributed by atoms with E-state index in [1.165, 1.54) is 0 Å². The molecule has 0 aliphatic carbocycles. The average Bonchev–Trinajstić information content (AvgIpc) is 2.51. The van der Waals surface area contributed by atoms with Crippen molar-refractivity contribution in [2.75, 3.05) is 0 Å².